The zero-order chi connectivity index (χ0) is 45.1. The van der Waals surface area contributed by atoms with Crippen LogP contribution in [-0.4, -0.2) is 0 Å². The Morgan fingerprint density at radius 2 is 0.956 bits per heavy atom. The predicted octanol–water partition coefficient (Wildman–Crippen LogP) is 17.6. The molecule has 0 radical (unpaired) electrons. The Labute approximate surface area is 397 Å². The van der Waals surface area contributed by atoms with Crippen molar-refractivity contribution in [3.8, 4) is 56.0 Å². The fourth-order valence-corrected chi connectivity index (χ4v) is 12.3. The van der Waals surface area contributed by atoms with Gasteiger partial charge >= 0.3 is 0 Å². The standard InChI is InChI=1S/C66H45NO/c1-65(2)55-26-12-10-22-50(55)51-37-36-46(41-60(51)65)67(45-34-31-43(32-35-45)42-17-4-3-5-18-42)61-40-38-49(48-21-8-9-23-52(48)61)53-25-16-29-58-63(53)54-24-11-13-27-56(54)66(58)57-28-14-15-30-62(57)68-64-47-20-7-6-19-44(47)33-39-59(64)66/h3-41H,1-2H3. The normalized spacial score (nSPS) is 15.5. The van der Waals surface area contributed by atoms with Gasteiger partial charge in [-0.05, 0) is 114 Å². The summed E-state index contributed by atoms with van der Waals surface area (Å²) in [6.07, 6.45) is 0. The number of para-hydroxylation sites is 1. The number of fused-ring (bicyclic) bond motifs is 15. The lowest BCUT2D eigenvalue weighted by Crippen LogP contribution is -2.32. The lowest BCUT2D eigenvalue weighted by molar-refractivity contribution is 0.441. The number of nitrogens with zero attached hydrogens (tertiary/aromatic N) is 1. The summed E-state index contributed by atoms with van der Waals surface area (Å²) in [7, 11) is 0. The summed E-state index contributed by atoms with van der Waals surface area (Å²) in [4.78, 5) is 2.47. The Kier molecular flexibility index (Phi) is 8.28. The first-order chi connectivity index (χ1) is 33.5. The summed E-state index contributed by atoms with van der Waals surface area (Å²) < 4.78 is 6.97. The molecule has 1 spiro atoms. The van der Waals surface area contributed by atoms with Gasteiger partial charge in [-0.25, -0.2) is 0 Å². The second kappa shape index (κ2) is 14.5. The Morgan fingerprint density at radius 3 is 1.79 bits per heavy atom. The molecule has 0 aromatic heterocycles. The molecule has 0 saturated heterocycles. The van der Waals surface area contributed by atoms with Crippen molar-refractivity contribution in [3.05, 3.63) is 270 Å². The minimum absolute atomic E-state index is 0.142. The van der Waals surface area contributed by atoms with Gasteiger partial charge in [0.15, 0.2) is 0 Å². The summed E-state index contributed by atoms with van der Waals surface area (Å²) >= 11 is 0. The topological polar surface area (TPSA) is 12.5 Å². The first-order valence-electron chi connectivity index (χ1n) is 23.8. The third-order valence-electron chi connectivity index (χ3n) is 15.3. The minimum atomic E-state index is -0.588. The van der Waals surface area contributed by atoms with Crippen LogP contribution in [0.4, 0.5) is 17.1 Å². The number of anilines is 3. The summed E-state index contributed by atoms with van der Waals surface area (Å²) in [5, 5.41) is 4.68. The van der Waals surface area contributed by atoms with Gasteiger partial charge in [0.1, 0.15) is 11.5 Å². The van der Waals surface area contributed by atoms with Crippen LogP contribution in [-0.2, 0) is 10.8 Å². The van der Waals surface area contributed by atoms with Gasteiger partial charge in [0.2, 0.25) is 0 Å². The van der Waals surface area contributed by atoms with E-state index in [1.807, 2.05) is 0 Å². The summed E-state index contributed by atoms with van der Waals surface area (Å²) in [5.74, 6) is 1.83. The molecule has 1 atom stereocenters. The fourth-order valence-electron chi connectivity index (χ4n) is 12.3. The zero-order valence-electron chi connectivity index (χ0n) is 37.9. The van der Waals surface area contributed by atoms with Crippen LogP contribution in [0.1, 0.15) is 47.2 Å². The molecule has 320 valence electrons. The predicted molar refractivity (Wildman–Crippen MR) is 282 cm³/mol. The van der Waals surface area contributed by atoms with Gasteiger partial charge in [0, 0.05) is 38.7 Å². The van der Waals surface area contributed by atoms with E-state index in [9.17, 15) is 0 Å². The maximum Gasteiger partial charge on any atom is 0.140 e. The molecule has 0 bridgehead atoms. The van der Waals surface area contributed by atoms with E-state index in [-0.39, 0.29) is 5.41 Å². The molecule has 0 fully saturated rings. The van der Waals surface area contributed by atoms with Crippen LogP contribution in [0.5, 0.6) is 11.5 Å². The number of hydrogen-bond acceptors (Lipinski definition) is 2. The van der Waals surface area contributed by atoms with Crippen LogP contribution in [0.3, 0.4) is 0 Å². The second-order valence-corrected chi connectivity index (χ2v) is 19.1. The number of rotatable bonds is 5. The summed E-state index contributed by atoms with van der Waals surface area (Å²) in [5.41, 5.74) is 20.3. The van der Waals surface area contributed by atoms with Crippen LogP contribution in [0.15, 0.2) is 237 Å². The molecule has 11 aromatic rings. The summed E-state index contributed by atoms with van der Waals surface area (Å²) in [6, 6.07) is 87.4. The van der Waals surface area contributed by atoms with E-state index >= 15 is 0 Å². The van der Waals surface area contributed by atoms with Gasteiger partial charge in [0.25, 0.3) is 0 Å². The van der Waals surface area contributed by atoms with Gasteiger partial charge in [-0.3, -0.25) is 0 Å². The minimum Gasteiger partial charge on any atom is -0.456 e. The van der Waals surface area contributed by atoms with E-state index in [1.165, 1.54) is 94.0 Å². The molecule has 2 heteroatoms. The second-order valence-electron chi connectivity index (χ2n) is 19.1. The van der Waals surface area contributed by atoms with Gasteiger partial charge < -0.3 is 9.64 Å². The van der Waals surface area contributed by atoms with Crippen molar-refractivity contribution in [3.63, 3.8) is 0 Å². The van der Waals surface area contributed by atoms with Crippen molar-refractivity contribution in [2.75, 3.05) is 4.90 Å². The number of hydrogen-bond donors (Lipinski definition) is 0. The quantitative estimate of drug-likeness (QED) is 0.171. The SMILES string of the molecule is CC1(C)c2ccccc2-c2ccc(N(c3ccc(-c4ccccc4)cc3)c3ccc(-c4cccc5c4-c4ccccc4C54c5ccccc5Oc5c4ccc4ccccc54)c4ccccc34)cc21. The molecule has 3 aliphatic rings. The van der Waals surface area contributed by atoms with Crippen molar-refractivity contribution in [2.45, 2.75) is 24.7 Å². The van der Waals surface area contributed by atoms with E-state index in [4.69, 9.17) is 4.74 Å². The van der Waals surface area contributed by atoms with Crippen molar-refractivity contribution in [2.24, 2.45) is 0 Å². The van der Waals surface area contributed by atoms with Crippen LogP contribution < -0.4 is 9.64 Å². The average Bonchev–Trinajstić information content (AvgIpc) is 3.82. The van der Waals surface area contributed by atoms with E-state index < -0.39 is 5.41 Å². The van der Waals surface area contributed by atoms with Crippen LogP contribution >= 0.6 is 0 Å². The molecule has 0 amide bonds. The largest absolute Gasteiger partial charge is 0.456 e. The van der Waals surface area contributed by atoms with Crippen molar-refractivity contribution in [1.82, 2.24) is 0 Å². The van der Waals surface area contributed by atoms with Gasteiger partial charge in [0.05, 0.1) is 11.1 Å². The molecule has 2 aliphatic carbocycles. The monoisotopic (exact) mass is 867 g/mol. The maximum absolute atomic E-state index is 6.97. The third-order valence-corrected chi connectivity index (χ3v) is 15.3. The lowest BCUT2D eigenvalue weighted by Gasteiger charge is -2.39. The third kappa shape index (κ3) is 5.34. The molecule has 68 heavy (non-hydrogen) atoms. The molecule has 11 aromatic carbocycles. The van der Waals surface area contributed by atoms with Crippen molar-refractivity contribution < 1.29 is 4.74 Å². The van der Waals surface area contributed by atoms with Gasteiger partial charge in [-0.1, -0.05) is 214 Å². The van der Waals surface area contributed by atoms with E-state index in [1.54, 1.807) is 0 Å². The smallest absolute Gasteiger partial charge is 0.140 e. The van der Waals surface area contributed by atoms with Gasteiger partial charge in [-0.15, -0.1) is 0 Å². The van der Waals surface area contributed by atoms with Crippen LogP contribution in [0, 0.1) is 0 Å². The fraction of sp³-hybridized carbons (Fsp3) is 0.0606. The molecule has 14 rings (SSSR count). The first-order valence-corrected chi connectivity index (χ1v) is 23.8. The first kappa shape index (κ1) is 38.8. The number of benzene rings is 11. The highest BCUT2D eigenvalue weighted by Gasteiger charge is 2.52. The molecule has 1 aliphatic heterocycles. The van der Waals surface area contributed by atoms with Gasteiger partial charge in [-0.2, -0.15) is 0 Å². The van der Waals surface area contributed by atoms with E-state index in [0.717, 1.165) is 33.9 Å². The zero-order valence-corrected chi connectivity index (χ0v) is 37.9. The maximum atomic E-state index is 6.97. The van der Waals surface area contributed by atoms with Crippen LogP contribution in [0.2, 0.25) is 0 Å². The summed E-state index contributed by atoms with van der Waals surface area (Å²) in [6.45, 7) is 4.73. The lowest BCUT2D eigenvalue weighted by atomic mass is 9.65. The highest BCUT2D eigenvalue weighted by Crippen LogP contribution is 2.64. The average molecular weight is 868 g/mol. The molecule has 2 nitrogen and oxygen atoms in total. The highest BCUT2D eigenvalue weighted by atomic mass is 16.5. The van der Waals surface area contributed by atoms with E-state index in [2.05, 4.69) is 255 Å². The molecule has 1 unspecified atom stereocenters. The molecular formula is C66H45NO. The van der Waals surface area contributed by atoms with Crippen molar-refractivity contribution >= 4 is 38.6 Å². The van der Waals surface area contributed by atoms with Crippen molar-refractivity contribution in [1.29, 1.82) is 0 Å². The van der Waals surface area contributed by atoms with Crippen LogP contribution in [0.25, 0.3) is 66.1 Å². The molecular weight excluding hydrogens is 823 g/mol. The van der Waals surface area contributed by atoms with E-state index in [0.29, 0.717) is 0 Å². The molecule has 0 N–H and O–H groups in total. The Balaban J connectivity index is 0.991. The number of ether oxygens (including phenoxy) is 1. The Hall–Kier alpha value is -8.46. The molecule has 0 saturated carbocycles. The highest BCUT2D eigenvalue weighted by molar-refractivity contribution is 6.10. The molecule has 1 heterocycles. The Morgan fingerprint density at radius 1 is 0.353 bits per heavy atom. The Bertz CT molecular complexity index is 3860.